The van der Waals surface area contributed by atoms with Gasteiger partial charge in [-0.15, -0.1) is 0 Å². The number of hydrogen-bond acceptors (Lipinski definition) is 4. The molecule has 1 fully saturated rings. The highest BCUT2D eigenvalue weighted by Crippen LogP contribution is 2.30. The van der Waals surface area contributed by atoms with Crippen molar-refractivity contribution in [2.24, 2.45) is 5.92 Å². The molecule has 0 spiro atoms. The first-order valence-electron chi connectivity index (χ1n) is 7.21. The molecule has 0 aromatic carbocycles. The maximum atomic E-state index is 12.5. The molecule has 1 N–H and O–H groups in total. The Morgan fingerprint density at radius 1 is 1.48 bits per heavy atom. The normalized spacial score (nSPS) is 16.6. The summed E-state index contributed by atoms with van der Waals surface area (Å²) < 4.78 is 5.24. The van der Waals surface area contributed by atoms with Gasteiger partial charge in [0.15, 0.2) is 5.69 Å². The van der Waals surface area contributed by atoms with E-state index in [0.29, 0.717) is 5.76 Å². The largest absolute Gasteiger partial charge is 0.481 e. The average Bonchev–Trinajstić information content (AvgIpc) is 3.08. The van der Waals surface area contributed by atoms with E-state index >= 15 is 0 Å². The van der Waals surface area contributed by atoms with E-state index in [1.165, 1.54) is 0 Å². The zero-order valence-corrected chi connectivity index (χ0v) is 12.9. The number of carbonyl (C=O) groups is 2. The highest BCUT2D eigenvalue weighted by atomic mass is 16.5. The Hall–Kier alpha value is -1.85. The van der Waals surface area contributed by atoms with Crippen molar-refractivity contribution >= 4 is 11.9 Å². The molecule has 2 rings (SSSR count). The molecule has 116 valence electrons. The molecule has 21 heavy (non-hydrogen) atoms. The van der Waals surface area contributed by atoms with Crippen LogP contribution in [-0.4, -0.2) is 39.6 Å². The third-order valence-corrected chi connectivity index (χ3v) is 3.61. The van der Waals surface area contributed by atoms with Crippen LogP contribution in [0.3, 0.4) is 0 Å². The molecular formula is C15H22N2O4. The summed E-state index contributed by atoms with van der Waals surface area (Å²) in [7, 11) is 0. The van der Waals surface area contributed by atoms with Gasteiger partial charge in [0.1, 0.15) is 5.76 Å². The number of aliphatic carboxylic acids is 1. The molecule has 0 aliphatic heterocycles. The van der Waals surface area contributed by atoms with Gasteiger partial charge in [-0.3, -0.25) is 9.59 Å². The number of carbonyl (C=O) groups excluding carboxylic acids is 1. The molecule has 1 heterocycles. The van der Waals surface area contributed by atoms with Crippen LogP contribution < -0.4 is 0 Å². The van der Waals surface area contributed by atoms with Crippen LogP contribution in [0.4, 0.5) is 0 Å². The van der Waals surface area contributed by atoms with Crippen LogP contribution in [0.15, 0.2) is 10.6 Å². The van der Waals surface area contributed by atoms with Crippen LogP contribution in [0.25, 0.3) is 0 Å². The Bertz CT molecular complexity index is 540. The van der Waals surface area contributed by atoms with Crippen molar-refractivity contribution in [2.45, 2.75) is 52.0 Å². The first kappa shape index (κ1) is 15.5. The average molecular weight is 294 g/mol. The molecule has 1 saturated carbocycles. The lowest BCUT2D eigenvalue weighted by Crippen LogP contribution is -2.38. The topological polar surface area (TPSA) is 83.6 Å². The first-order valence-corrected chi connectivity index (χ1v) is 7.21. The summed E-state index contributed by atoms with van der Waals surface area (Å²) in [6, 6.07) is 1.79. The fourth-order valence-electron chi connectivity index (χ4n) is 2.03. The molecule has 1 aromatic heterocycles. The van der Waals surface area contributed by atoms with E-state index in [4.69, 9.17) is 9.63 Å². The summed E-state index contributed by atoms with van der Waals surface area (Å²) in [4.78, 5) is 25.1. The van der Waals surface area contributed by atoms with Crippen LogP contribution in [0.2, 0.25) is 0 Å². The van der Waals surface area contributed by atoms with Gasteiger partial charge >= 0.3 is 5.97 Å². The minimum atomic E-state index is -0.899. The van der Waals surface area contributed by atoms with Gasteiger partial charge < -0.3 is 14.5 Å². The number of amides is 1. The molecule has 6 heteroatoms. The van der Waals surface area contributed by atoms with Crippen LogP contribution in [0.5, 0.6) is 0 Å². The van der Waals surface area contributed by atoms with Gasteiger partial charge in [-0.1, -0.05) is 32.9 Å². The molecule has 1 aliphatic rings. The van der Waals surface area contributed by atoms with Crippen molar-refractivity contribution in [2.75, 3.05) is 6.54 Å². The lowest BCUT2D eigenvalue weighted by Gasteiger charge is -2.23. The molecule has 6 nitrogen and oxygen atoms in total. The molecule has 1 aliphatic carbocycles. The second kappa shape index (κ2) is 5.50. The predicted molar refractivity (Wildman–Crippen MR) is 76.1 cm³/mol. The summed E-state index contributed by atoms with van der Waals surface area (Å²) >= 11 is 0. The smallest absolute Gasteiger partial charge is 0.308 e. The zero-order chi connectivity index (χ0) is 15.8. The minimum absolute atomic E-state index is 0.133. The van der Waals surface area contributed by atoms with E-state index in [9.17, 15) is 9.59 Å². The van der Waals surface area contributed by atoms with Gasteiger partial charge in [-0.05, 0) is 12.8 Å². The van der Waals surface area contributed by atoms with E-state index in [0.717, 1.165) is 12.8 Å². The van der Waals surface area contributed by atoms with Crippen molar-refractivity contribution < 1.29 is 19.2 Å². The monoisotopic (exact) mass is 294 g/mol. The molecule has 1 unspecified atom stereocenters. The first-order chi connectivity index (χ1) is 9.70. The van der Waals surface area contributed by atoms with Crippen molar-refractivity contribution in [1.29, 1.82) is 0 Å². The van der Waals surface area contributed by atoms with Gasteiger partial charge in [0, 0.05) is 24.1 Å². The summed E-state index contributed by atoms with van der Waals surface area (Å²) in [6.07, 6.45) is 1.84. The number of carboxylic acids is 1. The molecule has 0 bridgehead atoms. The fraction of sp³-hybridized carbons (Fsp3) is 0.667. The number of rotatable bonds is 5. The van der Waals surface area contributed by atoms with Gasteiger partial charge in [0.05, 0.1) is 5.92 Å². The Morgan fingerprint density at radius 2 is 2.10 bits per heavy atom. The SMILES string of the molecule is CC(CN(C(=O)c1cc(C(C)(C)C)on1)C1CC1)C(=O)O. The van der Waals surface area contributed by atoms with Crippen molar-refractivity contribution in [1.82, 2.24) is 10.1 Å². The summed E-state index contributed by atoms with van der Waals surface area (Å²) in [5.41, 5.74) is 0.0361. The Morgan fingerprint density at radius 3 is 2.52 bits per heavy atom. The minimum Gasteiger partial charge on any atom is -0.481 e. The molecule has 1 atom stereocenters. The maximum Gasteiger partial charge on any atom is 0.308 e. The molecule has 0 saturated heterocycles. The van der Waals surface area contributed by atoms with Crippen LogP contribution in [0, 0.1) is 5.92 Å². The lowest BCUT2D eigenvalue weighted by molar-refractivity contribution is -0.141. The fourth-order valence-corrected chi connectivity index (χ4v) is 2.03. The number of aromatic nitrogens is 1. The highest BCUT2D eigenvalue weighted by Gasteiger charge is 2.36. The summed E-state index contributed by atoms with van der Waals surface area (Å²) in [5, 5.41) is 12.9. The Balaban J connectivity index is 2.15. The molecule has 0 radical (unpaired) electrons. The van der Waals surface area contributed by atoms with Gasteiger partial charge in [-0.2, -0.15) is 0 Å². The lowest BCUT2D eigenvalue weighted by atomic mass is 9.93. The summed E-state index contributed by atoms with van der Waals surface area (Å²) in [5.74, 6) is -1.09. The summed E-state index contributed by atoms with van der Waals surface area (Å²) in [6.45, 7) is 7.75. The third-order valence-electron chi connectivity index (χ3n) is 3.61. The van der Waals surface area contributed by atoms with Gasteiger partial charge in [0.25, 0.3) is 5.91 Å². The Labute approximate surface area is 124 Å². The zero-order valence-electron chi connectivity index (χ0n) is 12.9. The molecular weight excluding hydrogens is 272 g/mol. The van der Waals surface area contributed by atoms with Gasteiger partial charge in [-0.25, -0.2) is 0 Å². The van der Waals surface area contributed by atoms with Crippen LogP contribution in [-0.2, 0) is 10.2 Å². The van der Waals surface area contributed by atoms with E-state index in [2.05, 4.69) is 5.16 Å². The van der Waals surface area contributed by atoms with E-state index in [-0.39, 0.29) is 29.6 Å². The molecule has 1 amide bonds. The number of nitrogens with zero attached hydrogens (tertiary/aromatic N) is 2. The number of hydrogen-bond donors (Lipinski definition) is 1. The standard InChI is InChI=1S/C15H22N2O4/c1-9(14(19)20)8-17(10-5-6-10)13(18)11-7-12(21-16-11)15(2,3)4/h7,9-10H,5-6,8H2,1-4H3,(H,19,20). The van der Waals surface area contributed by atoms with Crippen LogP contribution >= 0.6 is 0 Å². The van der Waals surface area contributed by atoms with Crippen molar-refractivity contribution in [3.8, 4) is 0 Å². The van der Waals surface area contributed by atoms with E-state index in [1.54, 1.807) is 17.9 Å². The Kier molecular flexibility index (Phi) is 4.07. The number of carboxylic acid groups (broad SMARTS) is 1. The highest BCUT2D eigenvalue weighted by molar-refractivity contribution is 5.93. The van der Waals surface area contributed by atoms with Gasteiger partial charge in [0.2, 0.25) is 0 Å². The third kappa shape index (κ3) is 3.62. The van der Waals surface area contributed by atoms with E-state index < -0.39 is 11.9 Å². The molecule has 1 aromatic rings. The van der Waals surface area contributed by atoms with Crippen molar-refractivity contribution in [3.63, 3.8) is 0 Å². The predicted octanol–water partition coefficient (Wildman–Crippen LogP) is 2.30. The quantitative estimate of drug-likeness (QED) is 0.900. The second-order valence-electron chi connectivity index (χ2n) is 6.75. The second-order valence-corrected chi connectivity index (χ2v) is 6.75. The van der Waals surface area contributed by atoms with Crippen molar-refractivity contribution in [3.05, 3.63) is 17.5 Å². The van der Waals surface area contributed by atoms with Crippen LogP contribution in [0.1, 0.15) is 56.8 Å². The maximum absolute atomic E-state index is 12.5. The van der Waals surface area contributed by atoms with E-state index in [1.807, 2.05) is 20.8 Å².